The van der Waals surface area contributed by atoms with Crippen molar-refractivity contribution in [2.75, 3.05) is 5.32 Å². The van der Waals surface area contributed by atoms with Crippen molar-refractivity contribution in [1.29, 1.82) is 0 Å². The minimum absolute atomic E-state index is 0.265. The first-order valence-electron chi connectivity index (χ1n) is 5.87. The van der Waals surface area contributed by atoms with Crippen molar-refractivity contribution in [1.82, 2.24) is 0 Å². The normalized spacial score (nSPS) is 11.0. The maximum atomic E-state index is 13.6. The summed E-state index contributed by atoms with van der Waals surface area (Å²) in [4.78, 5) is 21.4. The second-order valence-electron chi connectivity index (χ2n) is 4.15. The Labute approximate surface area is 124 Å². The number of anilines is 1. The minimum Gasteiger partial charge on any atom is -0.310 e. The Hall–Kier alpha value is -2.81. The first-order valence-corrected chi connectivity index (χ1v) is 7.36. The number of sulfone groups is 1. The van der Waals surface area contributed by atoms with E-state index in [4.69, 9.17) is 0 Å². The van der Waals surface area contributed by atoms with Gasteiger partial charge in [-0.05, 0) is 18.2 Å². The van der Waals surface area contributed by atoms with Crippen LogP contribution in [0.3, 0.4) is 0 Å². The number of nitro groups is 1. The number of amides is 1. The first-order chi connectivity index (χ1) is 10.3. The Morgan fingerprint density at radius 1 is 1.14 bits per heavy atom. The number of rotatable bonds is 3. The molecule has 0 aromatic heterocycles. The topological polar surface area (TPSA) is 106 Å². The van der Waals surface area contributed by atoms with Gasteiger partial charge in [0.25, 0.3) is 15.5 Å². The Bertz CT molecular complexity index is 837. The van der Waals surface area contributed by atoms with E-state index in [9.17, 15) is 27.7 Å². The third-order valence-corrected chi connectivity index (χ3v) is 4.18. The monoisotopic (exact) mass is 324 g/mol. The molecule has 0 fully saturated rings. The van der Waals surface area contributed by atoms with Crippen LogP contribution < -0.4 is 5.32 Å². The number of nitro benzene ring substituents is 1. The summed E-state index contributed by atoms with van der Waals surface area (Å²) in [5.74, 6) is -0.984. The molecule has 0 unspecified atom stereocenters. The molecule has 0 aliphatic rings. The molecule has 2 aromatic carbocycles. The molecular weight excluding hydrogens is 315 g/mol. The van der Waals surface area contributed by atoms with E-state index in [2.05, 4.69) is 0 Å². The summed E-state index contributed by atoms with van der Waals surface area (Å²) in [6, 6.07) is 9.24. The van der Waals surface area contributed by atoms with Crippen LogP contribution in [0.25, 0.3) is 0 Å². The van der Waals surface area contributed by atoms with Gasteiger partial charge in [0.15, 0.2) is 0 Å². The van der Waals surface area contributed by atoms with Crippen LogP contribution in [0.4, 0.5) is 20.6 Å². The fourth-order valence-electron chi connectivity index (χ4n) is 1.61. The van der Waals surface area contributed by atoms with Gasteiger partial charge in [0.05, 0.1) is 15.5 Å². The molecule has 0 heterocycles. The van der Waals surface area contributed by atoms with Gasteiger partial charge >= 0.3 is 5.24 Å². The van der Waals surface area contributed by atoms with E-state index in [0.29, 0.717) is 0 Å². The zero-order valence-electron chi connectivity index (χ0n) is 10.9. The van der Waals surface area contributed by atoms with Crippen molar-refractivity contribution in [2.45, 2.75) is 4.90 Å². The van der Waals surface area contributed by atoms with Crippen LogP contribution in [0.1, 0.15) is 0 Å². The van der Waals surface area contributed by atoms with Crippen LogP contribution in [0.15, 0.2) is 53.4 Å². The third-order valence-electron chi connectivity index (χ3n) is 2.70. The summed E-state index contributed by atoms with van der Waals surface area (Å²) in [5, 5.41) is 11.0. The van der Waals surface area contributed by atoms with E-state index in [1.165, 1.54) is 24.3 Å². The predicted molar refractivity (Wildman–Crippen MR) is 75.7 cm³/mol. The van der Waals surface area contributed by atoms with Crippen molar-refractivity contribution in [3.63, 3.8) is 0 Å². The number of halogens is 1. The molecule has 22 heavy (non-hydrogen) atoms. The van der Waals surface area contributed by atoms with Crippen molar-refractivity contribution in [3.8, 4) is 0 Å². The molecular formula is C13H9FN2O5S. The highest BCUT2D eigenvalue weighted by molar-refractivity contribution is 8.06. The molecule has 2 aromatic rings. The second kappa shape index (κ2) is 5.90. The Kier molecular flexibility index (Phi) is 4.18. The minimum atomic E-state index is -4.37. The summed E-state index contributed by atoms with van der Waals surface area (Å²) in [5.41, 5.74) is -1.06. The fourth-order valence-corrected chi connectivity index (χ4v) is 2.58. The molecule has 114 valence electrons. The number of carbonyl (C=O) groups is 1. The Morgan fingerprint density at radius 3 is 2.36 bits per heavy atom. The standard InChI is InChI=1S/C13H9FN2O5S/c14-11-7-6-9(16(18)19)8-12(11)15-13(17)22(20,21)10-4-2-1-3-5-10/h1-8H,(H,15,17). The van der Waals surface area contributed by atoms with Gasteiger partial charge in [0, 0.05) is 12.1 Å². The molecule has 0 aliphatic carbocycles. The molecule has 2 rings (SSSR count). The van der Waals surface area contributed by atoms with Gasteiger partial charge in [-0.1, -0.05) is 18.2 Å². The summed E-state index contributed by atoms with van der Waals surface area (Å²) in [6.45, 7) is 0. The lowest BCUT2D eigenvalue weighted by Gasteiger charge is -2.07. The van der Waals surface area contributed by atoms with Crippen molar-refractivity contribution < 1.29 is 22.5 Å². The fraction of sp³-hybridized carbons (Fsp3) is 0. The van der Waals surface area contributed by atoms with E-state index >= 15 is 0 Å². The van der Waals surface area contributed by atoms with Gasteiger partial charge in [-0.25, -0.2) is 12.8 Å². The SMILES string of the molecule is O=C(Nc1cc([N+](=O)[O-])ccc1F)S(=O)(=O)c1ccccc1. The number of hydrogen-bond acceptors (Lipinski definition) is 5. The highest BCUT2D eigenvalue weighted by Gasteiger charge is 2.26. The molecule has 0 bridgehead atoms. The number of carbonyl (C=O) groups excluding carboxylic acids is 1. The lowest BCUT2D eigenvalue weighted by atomic mass is 10.2. The number of benzene rings is 2. The molecule has 0 radical (unpaired) electrons. The largest absolute Gasteiger partial charge is 0.345 e. The van der Waals surface area contributed by atoms with Crippen LogP contribution in [0, 0.1) is 15.9 Å². The predicted octanol–water partition coefficient (Wildman–Crippen LogP) is 2.74. The summed E-state index contributed by atoms with van der Waals surface area (Å²) in [7, 11) is -4.37. The van der Waals surface area contributed by atoms with Crippen LogP contribution in [-0.4, -0.2) is 18.6 Å². The van der Waals surface area contributed by atoms with E-state index in [-0.39, 0.29) is 4.90 Å². The lowest BCUT2D eigenvalue weighted by molar-refractivity contribution is -0.384. The first kappa shape index (κ1) is 15.6. The van der Waals surface area contributed by atoms with E-state index in [0.717, 1.165) is 18.2 Å². The van der Waals surface area contributed by atoms with Crippen LogP contribution >= 0.6 is 0 Å². The van der Waals surface area contributed by atoms with Crippen molar-refractivity contribution >= 4 is 26.5 Å². The molecule has 1 N–H and O–H groups in total. The summed E-state index contributed by atoms with van der Waals surface area (Å²) >= 11 is 0. The zero-order chi connectivity index (χ0) is 16.3. The highest BCUT2D eigenvalue weighted by atomic mass is 32.2. The van der Waals surface area contributed by atoms with E-state index in [1.807, 2.05) is 5.32 Å². The average molecular weight is 324 g/mol. The van der Waals surface area contributed by atoms with Gasteiger partial charge in [0.2, 0.25) is 0 Å². The highest BCUT2D eigenvalue weighted by Crippen LogP contribution is 2.22. The number of nitrogens with zero attached hydrogens (tertiary/aromatic N) is 1. The molecule has 0 saturated carbocycles. The molecule has 0 saturated heterocycles. The quantitative estimate of drug-likeness (QED) is 0.690. The Balaban J connectivity index is 2.33. The van der Waals surface area contributed by atoms with Gasteiger partial charge in [0.1, 0.15) is 5.82 Å². The molecule has 9 heteroatoms. The van der Waals surface area contributed by atoms with Crippen molar-refractivity contribution in [3.05, 3.63) is 64.5 Å². The molecule has 1 amide bonds. The maximum absolute atomic E-state index is 13.6. The van der Waals surface area contributed by atoms with Crippen molar-refractivity contribution in [2.24, 2.45) is 0 Å². The van der Waals surface area contributed by atoms with Gasteiger partial charge in [-0.15, -0.1) is 0 Å². The molecule has 0 spiro atoms. The maximum Gasteiger partial charge on any atom is 0.345 e. The lowest BCUT2D eigenvalue weighted by Crippen LogP contribution is -2.22. The Morgan fingerprint density at radius 2 is 1.77 bits per heavy atom. The summed E-state index contributed by atoms with van der Waals surface area (Å²) in [6.07, 6.45) is 0. The van der Waals surface area contributed by atoms with Gasteiger partial charge in [-0.2, -0.15) is 0 Å². The number of hydrogen-bond donors (Lipinski definition) is 1. The average Bonchev–Trinajstić information content (AvgIpc) is 2.50. The molecule has 7 nitrogen and oxygen atoms in total. The summed E-state index contributed by atoms with van der Waals surface area (Å²) < 4.78 is 37.5. The van der Waals surface area contributed by atoms with Crippen LogP contribution in [0.5, 0.6) is 0 Å². The van der Waals surface area contributed by atoms with E-state index in [1.54, 1.807) is 6.07 Å². The molecule has 0 aliphatic heterocycles. The smallest absolute Gasteiger partial charge is 0.310 e. The van der Waals surface area contributed by atoms with E-state index < -0.39 is 37.2 Å². The number of non-ortho nitro benzene ring substituents is 1. The van der Waals surface area contributed by atoms with Gasteiger partial charge in [-0.3, -0.25) is 14.9 Å². The third kappa shape index (κ3) is 3.09. The van der Waals surface area contributed by atoms with Crippen LogP contribution in [0.2, 0.25) is 0 Å². The zero-order valence-corrected chi connectivity index (χ0v) is 11.7. The van der Waals surface area contributed by atoms with Crippen LogP contribution in [-0.2, 0) is 9.84 Å². The second-order valence-corrected chi connectivity index (χ2v) is 6.00. The van der Waals surface area contributed by atoms with Gasteiger partial charge < -0.3 is 5.32 Å². The number of nitrogens with one attached hydrogen (secondary N) is 1. The molecule has 0 atom stereocenters.